The number of hydrogen-bond donors (Lipinski definition) is 2. The van der Waals surface area contributed by atoms with Gasteiger partial charge in [0, 0.05) is 39.4 Å². The maximum Gasteiger partial charge on any atom is 0.191 e. The molecule has 2 aromatic rings. The fraction of sp³-hybridized carbons (Fsp3) is 0.368. The van der Waals surface area contributed by atoms with E-state index in [1.807, 2.05) is 18.3 Å². The zero-order chi connectivity index (χ0) is 18.1. The maximum absolute atomic E-state index is 13.2. The standard InChI is InChI=1S/C19H26FN5.HI/c1-4-25(5-2)18-10-9-16(13-22-18)14-24-19(21-3)23-12-15-7-6-8-17(20)11-15;/h6-11,13H,4-5,12,14H2,1-3H3,(H2,21,23,24);1H. The lowest BCUT2D eigenvalue weighted by atomic mass is 10.2. The molecule has 0 radical (unpaired) electrons. The molecule has 1 heterocycles. The largest absolute Gasteiger partial charge is 0.357 e. The summed E-state index contributed by atoms with van der Waals surface area (Å²) in [4.78, 5) is 10.9. The summed E-state index contributed by atoms with van der Waals surface area (Å²) >= 11 is 0. The summed E-state index contributed by atoms with van der Waals surface area (Å²) < 4.78 is 13.2. The Kier molecular flexibility index (Phi) is 9.93. The van der Waals surface area contributed by atoms with Crippen LogP contribution in [0, 0.1) is 5.82 Å². The van der Waals surface area contributed by atoms with Crippen molar-refractivity contribution in [2.24, 2.45) is 4.99 Å². The molecule has 26 heavy (non-hydrogen) atoms. The van der Waals surface area contributed by atoms with Gasteiger partial charge in [-0.2, -0.15) is 0 Å². The number of nitrogens with zero attached hydrogens (tertiary/aromatic N) is 3. The Morgan fingerprint density at radius 1 is 1.08 bits per heavy atom. The molecule has 0 aliphatic rings. The van der Waals surface area contributed by atoms with Crippen molar-refractivity contribution >= 4 is 35.8 Å². The summed E-state index contributed by atoms with van der Waals surface area (Å²) in [6.45, 7) is 7.25. The highest BCUT2D eigenvalue weighted by Crippen LogP contribution is 2.10. The number of anilines is 1. The van der Waals surface area contributed by atoms with Gasteiger partial charge in [-0.25, -0.2) is 9.37 Å². The van der Waals surface area contributed by atoms with Crippen molar-refractivity contribution in [3.05, 3.63) is 59.5 Å². The molecule has 0 aliphatic heterocycles. The number of guanidine groups is 1. The number of aliphatic imine (C=N–C) groups is 1. The zero-order valence-corrected chi connectivity index (χ0v) is 17.8. The lowest BCUT2D eigenvalue weighted by Crippen LogP contribution is -2.36. The molecule has 2 N–H and O–H groups in total. The van der Waals surface area contributed by atoms with E-state index in [1.165, 1.54) is 12.1 Å². The molecule has 0 spiro atoms. The van der Waals surface area contributed by atoms with Crippen LogP contribution < -0.4 is 15.5 Å². The first kappa shape index (κ1) is 22.1. The van der Waals surface area contributed by atoms with Crippen LogP contribution in [0.5, 0.6) is 0 Å². The van der Waals surface area contributed by atoms with Crippen LogP contribution in [-0.4, -0.2) is 31.1 Å². The van der Waals surface area contributed by atoms with Gasteiger partial charge in [-0.05, 0) is 43.2 Å². The summed E-state index contributed by atoms with van der Waals surface area (Å²) in [5.41, 5.74) is 1.94. The molecule has 0 atom stereocenters. The number of rotatable bonds is 7. The lowest BCUT2D eigenvalue weighted by Gasteiger charge is -2.19. The molecule has 0 saturated carbocycles. The van der Waals surface area contributed by atoms with Crippen LogP contribution in [0.3, 0.4) is 0 Å². The van der Waals surface area contributed by atoms with Gasteiger partial charge in [-0.1, -0.05) is 18.2 Å². The average Bonchev–Trinajstić information content (AvgIpc) is 2.64. The number of halogens is 2. The van der Waals surface area contributed by atoms with Gasteiger partial charge in [-0.15, -0.1) is 24.0 Å². The van der Waals surface area contributed by atoms with Crippen LogP contribution in [0.15, 0.2) is 47.6 Å². The molecule has 142 valence electrons. The third-order valence-corrected chi connectivity index (χ3v) is 3.93. The van der Waals surface area contributed by atoms with E-state index in [0.717, 1.165) is 30.0 Å². The summed E-state index contributed by atoms with van der Waals surface area (Å²) in [5, 5.41) is 6.41. The Hall–Kier alpha value is -1.90. The number of hydrogen-bond acceptors (Lipinski definition) is 3. The van der Waals surface area contributed by atoms with Gasteiger partial charge in [0.25, 0.3) is 0 Å². The molecule has 1 aromatic carbocycles. The van der Waals surface area contributed by atoms with Crippen LogP contribution >= 0.6 is 24.0 Å². The van der Waals surface area contributed by atoms with Gasteiger partial charge in [-0.3, -0.25) is 4.99 Å². The Morgan fingerprint density at radius 3 is 2.31 bits per heavy atom. The van der Waals surface area contributed by atoms with Gasteiger partial charge < -0.3 is 15.5 Å². The molecule has 2 rings (SSSR count). The first-order chi connectivity index (χ1) is 12.2. The molecular formula is C19H27FIN5. The smallest absolute Gasteiger partial charge is 0.191 e. The highest BCUT2D eigenvalue weighted by Gasteiger charge is 2.04. The minimum atomic E-state index is -0.235. The lowest BCUT2D eigenvalue weighted by molar-refractivity contribution is 0.624. The van der Waals surface area contributed by atoms with E-state index in [4.69, 9.17) is 0 Å². The fourth-order valence-electron chi connectivity index (χ4n) is 2.50. The molecule has 0 bridgehead atoms. The number of benzene rings is 1. The van der Waals surface area contributed by atoms with Crippen LogP contribution in [0.1, 0.15) is 25.0 Å². The van der Waals surface area contributed by atoms with E-state index in [0.29, 0.717) is 19.0 Å². The second kappa shape index (κ2) is 11.7. The maximum atomic E-state index is 13.2. The first-order valence-corrected chi connectivity index (χ1v) is 8.55. The van der Waals surface area contributed by atoms with Crippen molar-refractivity contribution in [2.45, 2.75) is 26.9 Å². The summed E-state index contributed by atoms with van der Waals surface area (Å²) in [7, 11) is 1.71. The number of aromatic nitrogens is 1. The Morgan fingerprint density at radius 2 is 1.77 bits per heavy atom. The van der Waals surface area contributed by atoms with Crippen molar-refractivity contribution in [1.29, 1.82) is 0 Å². The molecular weight excluding hydrogens is 444 g/mol. The summed E-state index contributed by atoms with van der Waals surface area (Å²) in [6.07, 6.45) is 1.88. The van der Waals surface area contributed by atoms with E-state index < -0.39 is 0 Å². The summed E-state index contributed by atoms with van der Waals surface area (Å²) in [5.74, 6) is 1.42. The predicted molar refractivity (Wildman–Crippen MR) is 117 cm³/mol. The minimum absolute atomic E-state index is 0. The first-order valence-electron chi connectivity index (χ1n) is 8.55. The molecule has 1 aromatic heterocycles. The highest BCUT2D eigenvalue weighted by molar-refractivity contribution is 14.0. The second-order valence-corrected chi connectivity index (χ2v) is 5.61. The van der Waals surface area contributed by atoms with Crippen LogP contribution in [0.25, 0.3) is 0 Å². The average molecular weight is 471 g/mol. The van der Waals surface area contributed by atoms with E-state index in [9.17, 15) is 4.39 Å². The topological polar surface area (TPSA) is 52.5 Å². The Labute approximate surface area is 172 Å². The van der Waals surface area contributed by atoms with Gasteiger partial charge in [0.2, 0.25) is 0 Å². The number of nitrogens with one attached hydrogen (secondary N) is 2. The highest BCUT2D eigenvalue weighted by atomic mass is 127. The SMILES string of the molecule is CCN(CC)c1ccc(CNC(=NC)NCc2cccc(F)c2)cn1.I. The van der Waals surface area contributed by atoms with Crippen molar-refractivity contribution in [1.82, 2.24) is 15.6 Å². The van der Waals surface area contributed by atoms with E-state index >= 15 is 0 Å². The molecule has 0 aliphatic carbocycles. The van der Waals surface area contributed by atoms with Gasteiger partial charge in [0.05, 0.1) is 0 Å². The molecule has 5 nitrogen and oxygen atoms in total. The monoisotopic (exact) mass is 471 g/mol. The Balaban J connectivity index is 0.00000338. The normalized spacial score (nSPS) is 10.8. The molecule has 0 unspecified atom stereocenters. The third-order valence-electron chi connectivity index (χ3n) is 3.93. The Bertz CT molecular complexity index is 687. The van der Waals surface area contributed by atoms with E-state index in [1.54, 1.807) is 13.1 Å². The molecule has 7 heteroatoms. The van der Waals surface area contributed by atoms with Crippen molar-refractivity contribution in [3.8, 4) is 0 Å². The van der Waals surface area contributed by atoms with Crippen molar-refractivity contribution in [2.75, 3.05) is 25.0 Å². The molecule has 0 amide bonds. The van der Waals surface area contributed by atoms with Crippen molar-refractivity contribution < 1.29 is 4.39 Å². The third kappa shape index (κ3) is 6.78. The van der Waals surface area contributed by atoms with E-state index in [2.05, 4.69) is 45.4 Å². The van der Waals surface area contributed by atoms with Gasteiger partial charge in [0.1, 0.15) is 11.6 Å². The zero-order valence-electron chi connectivity index (χ0n) is 15.5. The quantitative estimate of drug-likeness (QED) is 0.369. The van der Waals surface area contributed by atoms with E-state index in [-0.39, 0.29) is 29.8 Å². The number of pyridine rings is 1. The van der Waals surface area contributed by atoms with Crippen LogP contribution in [0.4, 0.5) is 10.2 Å². The second-order valence-electron chi connectivity index (χ2n) is 5.61. The van der Waals surface area contributed by atoms with Gasteiger partial charge in [0.15, 0.2) is 5.96 Å². The van der Waals surface area contributed by atoms with Gasteiger partial charge >= 0.3 is 0 Å². The molecule has 0 fully saturated rings. The van der Waals surface area contributed by atoms with Crippen molar-refractivity contribution in [3.63, 3.8) is 0 Å². The van der Waals surface area contributed by atoms with Crippen LogP contribution in [0.2, 0.25) is 0 Å². The fourth-order valence-corrected chi connectivity index (χ4v) is 2.50. The predicted octanol–water partition coefficient (Wildman–Crippen LogP) is 3.55. The summed E-state index contributed by atoms with van der Waals surface area (Å²) in [6, 6.07) is 10.6. The minimum Gasteiger partial charge on any atom is -0.357 e. The molecule has 0 saturated heterocycles. The van der Waals surface area contributed by atoms with Crippen LogP contribution in [-0.2, 0) is 13.1 Å².